The van der Waals surface area contributed by atoms with Crippen molar-refractivity contribution in [3.63, 3.8) is 0 Å². The molecule has 5 rings (SSSR count). The minimum Gasteiger partial charge on any atom is -0.440 e. The van der Waals surface area contributed by atoms with Crippen LogP contribution in [0.4, 0.5) is 0 Å². The van der Waals surface area contributed by atoms with Crippen LogP contribution >= 0.6 is 0 Å². The Labute approximate surface area is 191 Å². The predicted molar refractivity (Wildman–Crippen MR) is 122 cm³/mol. The third-order valence-corrected chi connectivity index (χ3v) is 5.77. The van der Waals surface area contributed by atoms with Gasteiger partial charge in [0, 0.05) is 35.8 Å². The van der Waals surface area contributed by atoms with Crippen LogP contribution in [-0.2, 0) is 9.53 Å². The van der Waals surface area contributed by atoms with Crippen LogP contribution in [0.5, 0.6) is 5.88 Å². The number of ether oxygens (including phenoxy) is 2. The standard InChI is InChI=1S/C25H23N5O3/c1-16-10-22(32-15-33-25(31)18-8-5-9-18)26-13-20(16)19-11-27-23(28-12-19)24-29-14-21(30-24)17-6-3-2-4-7-17/h2-4,6-7,10-14,18H,5,8-9,15H2,1H3,(H,29,30). The second kappa shape index (κ2) is 9.20. The van der Waals surface area contributed by atoms with Gasteiger partial charge >= 0.3 is 5.97 Å². The van der Waals surface area contributed by atoms with Crippen molar-refractivity contribution in [3.8, 4) is 39.9 Å². The summed E-state index contributed by atoms with van der Waals surface area (Å²) in [6, 6.07) is 11.8. The summed E-state index contributed by atoms with van der Waals surface area (Å²) in [5.74, 6) is 1.36. The maximum Gasteiger partial charge on any atom is 0.311 e. The Morgan fingerprint density at radius 3 is 2.48 bits per heavy atom. The van der Waals surface area contributed by atoms with E-state index in [2.05, 4.69) is 24.9 Å². The van der Waals surface area contributed by atoms with Crippen molar-refractivity contribution in [2.45, 2.75) is 26.2 Å². The predicted octanol–water partition coefficient (Wildman–Crippen LogP) is 4.58. The highest BCUT2D eigenvalue weighted by Gasteiger charge is 2.26. The van der Waals surface area contributed by atoms with E-state index >= 15 is 0 Å². The van der Waals surface area contributed by atoms with Crippen LogP contribution in [-0.4, -0.2) is 37.7 Å². The maximum absolute atomic E-state index is 11.8. The van der Waals surface area contributed by atoms with Crippen LogP contribution in [0, 0.1) is 12.8 Å². The Morgan fingerprint density at radius 1 is 1.00 bits per heavy atom. The minimum atomic E-state index is -0.195. The quantitative estimate of drug-likeness (QED) is 0.331. The molecule has 1 fully saturated rings. The van der Waals surface area contributed by atoms with E-state index in [0.717, 1.165) is 47.2 Å². The van der Waals surface area contributed by atoms with Crippen molar-refractivity contribution < 1.29 is 14.3 Å². The molecule has 0 amide bonds. The summed E-state index contributed by atoms with van der Waals surface area (Å²) in [7, 11) is 0. The van der Waals surface area contributed by atoms with Crippen LogP contribution in [0.15, 0.2) is 61.2 Å². The molecule has 0 atom stereocenters. The third kappa shape index (κ3) is 4.59. The van der Waals surface area contributed by atoms with E-state index in [1.54, 1.807) is 30.9 Å². The monoisotopic (exact) mass is 441 g/mol. The number of aromatic amines is 1. The van der Waals surface area contributed by atoms with Crippen LogP contribution in [0.1, 0.15) is 24.8 Å². The summed E-state index contributed by atoms with van der Waals surface area (Å²) in [4.78, 5) is 32.7. The third-order valence-electron chi connectivity index (χ3n) is 5.77. The number of hydrogen-bond acceptors (Lipinski definition) is 7. The van der Waals surface area contributed by atoms with Gasteiger partial charge in [-0.3, -0.25) is 4.79 Å². The Hall–Kier alpha value is -4.07. The van der Waals surface area contributed by atoms with Crippen molar-refractivity contribution in [3.05, 3.63) is 66.7 Å². The molecule has 0 unspecified atom stereocenters. The number of imidazole rings is 1. The molecule has 33 heavy (non-hydrogen) atoms. The number of rotatable bonds is 7. The molecule has 4 aromatic rings. The van der Waals surface area contributed by atoms with Crippen molar-refractivity contribution in [2.75, 3.05) is 6.79 Å². The van der Waals surface area contributed by atoms with Crippen LogP contribution < -0.4 is 4.74 Å². The van der Waals surface area contributed by atoms with Crippen molar-refractivity contribution in [1.82, 2.24) is 24.9 Å². The fourth-order valence-electron chi connectivity index (χ4n) is 3.61. The van der Waals surface area contributed by atoms with E-state index in [-0.39, 0.29) is 18.7 Å². The smallest absolute Gasteiger partial charge is 0.311 e. The van der Waals surface area contributed by atoms with Gasteiger partial charge < -0.3 is 14.5 Å². The summed E-state index contributed by atoms with van der Waals surface area (Å²) in [6.07, 6.45) is 9.87. The summed E-state index contributed by atoms with van der Waals surface area (Å²) in [6.45, 7) is 1.82. The maximum atomic E-state index is 11.8. The van der Waals surface area contributed by atoms with Gasteiger partial charge in [-0.15, -0.1) is 0 Å². The molecule has 0 spiro atoms. The van der Waals surface area contributed by atoms with E-state index in [1.807, 2.05) is 37.3 Å². The number of carbonyl (C=O) groups is 1. The molecule has 1 aliphatic rings. The summed E-state index contributed by atoms with van der Waals surface area (Å²) in [5.41, 5.74) is 4.64. The van der Waals surface area contributed by atoms with E-state index in [0.29, 0.717) is 17.5 Å². The molecule has 0 radical (unpaired) electrons. The van der Waals surface area contributed by atoms with Crippen molar-refractivity contribution >= 4 is 5.97 Å². The van der Waals surface area contributed by atoms with Crippen LogP contribution in [0.3, 0.4) is 0 Å². The highest BCUT2D eigenvalue weighted by Crippen LogP contribution is 2.28. The zero-order valence-corrected chi connectivity index (χ0v) is 18.2. The topological polar surface area (TPSA) is 103 Å². The molecular weight excluding hydrogens is 418 g/mol. The van der Waals surface area contributed by atoms with Gasteiger partial charge in [0.25, 0.3) is 0 Å². The Morgan fingerprint density at radius 2 is 1.79 bits per heavy atom. The van der Waals surface area contributed by atoms with Gasteiger partial charge in [-0.1, -0.05) is 36.8 Å². The van der Waals surface area contributed by atoms with Gasteiger partial charge in [0.1, 0.15) is 0 Å². The number of esters is 1. The van der Waals surface area contributed by atoms with Gasteiger partial charge in [-0.05, 0) is 30.9 Å². The number of nitrogens with one attached hydrogen (secondary N) is 1. The lowest BCUT2D eigenvalue weighted by Crippen LogP contribution is -2.25. The van der Waals surface area contributed by atoms with Crippen molar-refractivity contribution in [1.29, 1.82) is 0 Å². The molecule has 3 aromatic heterocycles. The Kier molecular flexibility index (Phi) is 5.80. The molecule has 0 aliphatic heterocycles. The SMILES string of the molecule is Cc1cc(OCOC(=O)C2CCC2)ncc1-c1cnc(-c2ncc(-c3ccccc3)[nH]2)nc1. The number of nitrogens with zero attached hydrogens (tertiary/aromatic N) is 4. The van der Waals surface area contributed by atoms with E-state index in [4.69, 9.17) is 9.47 Å². The molecular formula is C25H23N5O3. The fourth-order valence-corrected chi connectivity index (χ4v) is 3.61. The van der Waals surface area contributed by atoms with Gasteiger partial charge in [-0.25, -0.2) is 19.9 Å². The number of benzene rings is 1. The molecule has 3 heterocycles. The van der Waals surface area contributed by atoms with Gasteiger partial charge in [0.05, 0.1) is 17.8 Å². The molecule has 1 N–H and O–H groups in total. The number of aromatic nitrogens is 5. The second-order valence-corrected chi connectivity index (χ2v) is 8.00. The summed E-state index contributed by atoms with van der Waals surface area (Å²) >= 11 is 0. The van der Waals surface area contributed by atoms with E-state index in [9.17, 15) is 4.79 Å². The Bertz CT molecular complexity index is 1250. The highest BCUT2D eigenvalue weighted by atomic mass is 16.7. The molecule has 1 aromatic carbocycles. The average Bonchev–Trinajstić information content (AvgIpc) is 3.29. The molecule has 0 bridgehead atoms. The first-order valence-electron chi connectivity index (χ1n) is 10.9. The van der Waals surface area contributed by atoms with Gasteiger partial charge in [0.15, 0.2) is 11.6 Å². The highest BCUT2D eigenvalue weighted by molar-refractivity contribution is 5.73. The van der Waals surface area contributed by atoms with E-state index < -0.39 is 0 Å². The van der Waals surface area contributed by atoms with Crippen LogP contribution in [0.25, 0.3) is 34.0 Å². The van der Waals surface area contributed by atoms with E-state index in [1.165, 1.54) is 0 Å². The van der Waals surface area contributed by atoms with Gasteiger partial charge in [0.2, 0.25) is 12.7 Å². The molecule has 1 saturated carbocycles. The molecule has 1 aliphatic carbocycles. The number of carbonyl (C=O) groups excluding carboxylic acids is 1. The number of hydrogen-bond donors (Lipinski definition) is 1. The normalized spacial score (nSPS) is 13.4. The van der Waals surface area contributed by atoms with Crippen molar-refractivity contribution in [2.24, 2.45) is 5.92 Å². The first kappa shape index (κ1) is 20.8. The zero-order valence-electron chi connectivity index (χ0n) is 18.2. The second-order valence-electron chi connectivity index (χ2n) is 8.00. The fraction of sp³-hybridized carbons (Fsp3) is 0.240. The molecule has 166 valence electrons. The van der Waals surface area contributed by atoms with Crippen LogP contribution in [0.2, 0.25) is 0 Å². The lowest BCUT2D eigenvalue weighted by molar-refractivity contribution is -0.158. The number of aryl methyl sites for hydroxylation is 1. The minimum absolute atomic E-state index is 0.0275. The lowest BCUT2D eigenvalue weighted by atomic mass is 9.86. The lowest BCUT2D eigenvalue weighted by Gasteiger charge is -2.22. The van der Waals surface area contributed by atoms with Gasteiger partial charge in [-0.2, -0.15) is 0 Å². The molecule has 8 nitrogen and oxygen atoms in total. The molecule has 0 saturated heterocycles. The summed E-state index contributed by atoms with van der Waals surface area (Å²) < 4.78 is 10.6. The Balaban J connectivity index is 1.24. The average molecular weight is 441 g/mol. The first-order valence-corrected chi connectivity index (χ1v) is 10.9. The summed E-state index contributed by atoms with van der Waals surface area (Å²) in [5, 5.41) is 0. The number of H-pyrrole nitrogens is 1. The zero-order chi connectivity index (χ0) is 22.6. The largest absolute Gasteiger partial charge is 0.440 e. The molecule has 8 heteroatoms. The first-order chi connectivity index (χ1) is 16.2. The number of pyridine rings is 1.